The van der Waals surface area contributed by atoms with E-state index in [9.17, 15) is 4.79 Å². The molecular formula is C18H26N3O2Y-. The number of piperazine rings is 1. The molecule has 2 aliphatic rings. The smallest absolute Gasteiger partial charge is 0.253 e. The maximum absolute atomic E-state index is 12.7. The van der Waals surface area contributed by atoms with Gasteiger partial charge in [0, 0.05) is 57.4 Å². The van der Waals surface area contributed by atoms with Crippen molar-refractivity contribution in [2.45, 2.75) is 25.8 Å². The van der Waals surface area contributed by atoms with E-state index in [1.807, 2.05) is 30.0 Å². The van der Waals surface area contributed by atoms with Gasteiger partial charge >= 0.3 is 0 Å². The van der Waals surface area contributed by atoms with Crippen LogP contribution in [-0.4, -0.2) is 68.1 Å². The van der Waals surface area contributed by atoms with Gasteiger partial charge in [0.1, 0.15) is 5.75 Å². The van der Waals surface area contributed by atoms with Crippen LogP contribution in [0.25, 0.3) is 5.32 Å². The first-order chi connectivity index (χ1) is 11.2. The predicted molar refractivity (Wildman–Crippen MR) is 91.3 cm³/mol. The van der Waals surface area contributed by atoms with Gasteiger partial charge in [-0.2, -0.15) is 0 Å². The molecule has 2 fully saturated rings. The standard InChI is InChI=1S/C18H26N3O2.Y/c1-14-3-4-15(13-17(14)23-2)18(22)21-9-5-16(6-10-21)20-11-7-19-8-12-20;/h3-4,13,16H,5-12H2,1-2H3;/q-1;. The molecule has 0 unspecified atom stereocenters. The molecule has 3 rings (SSSR count). The number of benzene rings is 1. The Morgan fingerprint density at radius 3 is 2.46 bits per heavy atom. The van der Waals surface area contributed by atoms with E-state index < -0.39 is 0 Å². The first-order valence-corrected chi connectivity index (χ1v) is 8.50. The van der Waals surface area contributed by atoms with Crippen LogP contribution >= 0.6 is 0 Å². The van der Waals surface area contributed by atoms with Gasteiger partial charge in [-0.15, -0.1) is 13.1 Å². The number of piperidine rings is 1. The minimum Gasteiger partial charge on any atom is -0.660 e. The van der Waals surface area contributed by atoms with Crippen molar-refractivity contribution in [1.82, 2.24) is 9.80 Å². The third kappa shape index (κ3) is 4.57. The molecule has 129 valence electrons. The minimum atomic E-state index is 0. The molecule has 1 aromatic carbocycles. The van der Waals surface area contributed by atoms with E-state index in [1.165, 1.54) is 0 Å². The molecular weight excluding hydrogens is 379 g/mol. The second-order valence-corrected chi connectivity index (χ2v) is 6.41. The Bertz CT molecular complexity index is 553. The van der Waals surface area contributed by atoms with Crippen molar-refractivity contribution in [1.29, 1.82) is 0 Å². The summed E-state index contributed by atoms with van der Waals surface area (Å²) < 4.78 is 5.33. The molecule has 0 spiro atoms. The number of carbonyl (C=O) groups is 1. The Morgan fingerprint density at radius 2 is 1.83 bits per heavy atom. The molecule has 0 N–H and O–H groups in total. The van der Waals surface area contributed by atoms with Crippen LogP contribution in [0.3, 0.4) is 0 Å². The summed E-state index contributed by atoms with van der Waals surface area (Å²) in [5.74, 6) is 0.901. The number of carbonyl (C=O) groups excluding carboxylic acids is 1. The normalized spacial score (nSPS) is 19.7. The van der Waals surface area contributed by atoms with E-state index >= 15 is 0 Å². The summed E-state index contributed by atoms with van der Waals surface area (Å²) in [6, 6.07) is 6.33. The SMILES string of the molecule is COc1cc(C(=O)N2CCC(N3CC[N-]CC3)CC2)ccc1C.[Y]. The molecule has 2 aliphatic heterocycles. The van der Waals surface area contributed by atoms with Gasteiger partial charge in [-0.3, -0.25) is 4.79 Å². The van der Waals surface area contributed by atoms with Crippen LogP contribution in [0.15, 0.2) is 18.2 Å². The van der Waals surface area contributed by atoms with E-state index in [-0.39, 0.29) is 38.6 Å². The molecule has 2 heterocycles. The van der Waals surface area contributed by atoms with Crippen molar-refractivity contribution >= 4 is 5.91 Å². The van der Waals surface area contributed by atoms with Crippen LogP contribution in [-0.2, 0) is 32.7 Å². The Labute approximate surface area is 170 Å². The molecule has 0 aliphatic carbocycles. The number of hydrogen-bond donors (Lipinski definition) is 0. The fraction of sp³-hybridized carbons (Fsp3) is 0.611. The maximum Gasteiger partial charge on any atom is 0.253 e. The van der Waals surface area contributed by atoms with E-state index in [2.05, 4.69) is 10.2 Å². The van der Waals surface area contributed by atoms with Crippen LogP contribution in [0.4, 0.5) is 0 Å². The first-order valence-electron chi connectivity index (χ1n) is 8.50. The van der Waals surface area contributed by atoms with Crippen molar-refractivity contribution in [2.24, 2.45) is 0 Å². The van der Waals surface area contributed by atoms with Gasteiger partial charge in [0.25, 0.3) is 5.91 Å². The average molecular weight is 405 g/mol. The van der Waals surface area contributed by atoms with Gasteiger partial charge in [-0.05, 0) is 50.6 Å². The van der Waals surface area contributed by atoms with Gasteiger partial charge in [-0.1, -0.05) is 6.07 Å². The second-order valence-electron chi connectivity index (χ2n) is 6.41. The molecule has 0 atom stereocenters. The van der Waals surface area contributed by atoms with Crippen molar-refractivity contribution in [3.63, 3.8) is 0 Å². The van der Waals surface area contributed by atoms with Gasteiger partial charge in [0.15, 0.2) is 0 Å². The number of nitrogens with zero attached hydrogens (tertiary/aromatic N) is 3. The summed E-state index contributed by atoms with van der Waals surface area (Å²) in [5, 5.41) is 4.41. The molecule has 1 radical (unpaired) electrons. The molecule has 24 heavy (non-hydrogen) atoms. The third-order valence-electron chi connectivity index (χ3n) is 5.01. The maximum atomic E-state index is 12.7. The van der Waals surface area contributed by atoms with E-state index in [0.717, 1.165) is 69.0 Å². The monoisotopic (exact) mass is 405 g/mol. The fourth-order valence-corrected chi connectivity index (χ4v) is 3.56. The van der Waals surface area contributed by atoms with Crippen molar-refractivity contribution in [2.75, 3.05) is 46.4 Å². The van der Waals surface area contributed by atoms with Crippen molar-refractivity contribution < 1.29 is 42.2 Å². The van der Waals surface area contributed by atoms with Gasteiger partial charge in [0.05, 0.1) is 7.11 Å². The molecule has 2 saturated heterocycles. The van der Waals surface area contributed by atoms with Gasteiger partial charge in [0.2, 0.25) is 0 Å². The van der Waals surface area contributed by atoms with E-state index in [4.69, 9.17) is 4.74 Å². The first kappa shape index (κ1) is 19.8. The second kappa shape index (κ2) is 9.28. The number of aryl methyl sites for hydroxylation is 1. The zero-order valence-corrected chi connectivity index (χ0v) is 17.5. The Morgan fingerprint density at radius 1 is 1.17 bits per heavy atom. The predicted octanol–water partition coefficient (Wildman–Crippen LogP) is 2.30. The Kier molecular flexibility index (Phi) is 7.67. The molecule has 5 nitrogen and oxygen atoms in total. The van der Waals surface area contributed by atoms with Crippen LogP contribution in [0, 0.1) is 6.92 Å². The topological polar surface area (TPSA) is 46.9 Å². The molecule has 0 bridgehead atoms. The molecule has 6 heteroatoms. The summed E-state index contributed by atoms with van der Waals surface area (Å²) in [5.41, 5.74) is 1.78. The van der Waals surface area contributed by atoms with E-state index in [0.29, 0.717) is 6.04 Å². The quantitative estimate of drug-likeness (QED) is 0.776. The number of ether oxygens (including phenoxy) is 1. The van der Waals surface area contributed by atoms with Gasteiger partial charge < -0.3 is 19.9 Å². The van der Waals surface area contributed by atoms with Crippen LogP contribution in [0.1, 0.15) is 28.8 Å². The van der Waals surface area contributed by atoms with Crippen LogP contribution < -0.4 is 4.74 Å². The number of hydrogen-bond acceptors (Lipinski definition) is 3. The number of amides is 1. The number of likely N-dealkylation sites (tertiary alicyclic amines) is 1. The summed E-state index contributed by atoms with van der Waals surface area (Å²) in [7, 11) is 1.65. The van der Waals surface area contributed by atoms with Crippen LogP contribution in [0.5, 0.6) is 5.75 Å². The average Bonchev–Trinajstić information content (AvgIpc) is 2.62. The van der Waals surface area contributed by atoms with Crippen LogP contribution in [0.2, 0.25) is 0 Å². The largest absolute Gasteiger partial charge is 0.660 e. The third-order valence-corrected chi connectivity index (χ3v) is 5.01. The number of methoxy groups -OCH3 is 1. The van der Waals surface area contributed by atoms with Crippen molar-refractivity contribution in [3.8, 4) is 5.75 Å². The van der Waals surface area contributed by atoms with E-state index in [1.54, 1.807) is 7.11 Å². The molecule has 1 aromatic rings. The molecule has 0 saturated carbocycles. The number of rotatable bonds is 3. The Balaban J connectivity index is 0.00000208. The zero-order chi connectivity index (χ0) is 16.2. The summed E-state index contributed by atoms with van der Waals surface area (Å²) in [4.78, 5) is 17.2. The fourth-order valence-electron chi connectivity index (χ4n) is 3.56. The Hall–Kier alpha value is -0.486. The summed E-state index contributed by atoms with van der Waals surface area (Å²) >= 11 is 0. The van der Waals surface area contributed by atoms with Crippen molar-refractivity contribution in [3.05, 3.63) is 34.6 Å². The summed E-state index contributed by atoms with van der Waals surface area (Å²) in [6.07, 6.45) is 2.13. The molecule has 0 aromatic heterocycles. The summed E-state index contributed by atoms with van der Waals surface area (Å²) in [6.45, 7) is 7.75. The minimum absolute atomic E-state index is 0. The zero-order valence-electron chi connectivity index (χ0n) is 14.7. The van der Waals surface area contributed by atoms with Gasteiger partial charge in [-0.25, -0.2) is 0 Å². The molecule has 1 amide bonds.